The Morgan fingerprint density at radius 2 is 1.96 bits per heavy atom. The lowest BCUT2D eigenvalue weighted by Crippen LogP contribution is -2.10. The second-order valence-corrected chi connectivity index (χ2v) is 5.81. The zero-order valence-corrected chi connectivity index (χ0v) is 14.4. The van der Waals surface area contributed by atoms with Crippen molar-refractivity contribution in [2.45, 2.75) is 6.43 Å². The van der Waals surface area contributed by atoms with Crippen LogP contribution in [0.25, 0.3) is 11.3 Å². The second-order valence-electron chi connectivity index (χ2n) is 5.37. The Balaban J connectivity index is 2.01. The first-order chi connectivity index (χ1) is 12.9. The summed E-state index contributed by atoms with van der Waals surface area (Å²) in [6.07, 6.45) is -1.23. The zero-order chi connectivity index (χ0) is 19.4. The van der Waals surface area contributed by atoms with E-state index in [2.05, 4.69) is 20.5 Å². The van der Waals surface area contributed by atoms with Crippen LogP contribution in [-0.2, 0) is 0 Å². The molecular weight excluding hydrogens is 383 g/mol. The van der Waals surface area contributed by atoms with E-state index in [1.165, 1.54) is 36.5 Å². The molecule has 0 amide bonds. The van der Waals surface area contributed by atoms with Gasteiger partial charge in [-0.1, -0.05) is 11.6 Å². The van der Waals surface area contributed by atoms with Crippen molar-refractivity contribution in [3.63, 3.8) is 0 Å². The zero-order valence-electron chi connectivity index (χ0n) is 13.7. The molecule has 0 unspecified atom stereocenters. The Morgan fingerprint density at radius 3 is 2.70 bits per heavy atom. The van der Waals surface area contributed by atoms with E-state index in [1.54, 1.807) is 6.07 Å². The fourth-order valence-corrected chi connectivity index (χ4v) is 2.40. The normalized spacial score (nSPS) is 10.9. The van der Waals surface area contributed by atoms with Crippen molar-refractivity contribution in [2.75, 3.05) is 17.7 Å². The molecule has 0 spiro atoms. The van der Waals surface area contributed by atoms with Crippen molar-refractivity contribution < 1.29 is 17.9 Å². The predicted molar refractivity (Wildman–Crippen MR) is 95.9 cm³/mol. The first-order valence-corrected chi connectivity index (χ1v) is 8.03. The molecule has 3 aromatic rings. The number of nitrogens with one attached hydrogen (secondary N) is 1. The average Bonchev–Trinajstić information content (AvgIpc) is 2.62. The number of hydrogen-bond acceptors (Lipinski definition) is 6. The lowest BCUT2D eigenvalue weighted by Gasteiger charge is -2.13. The fourth-order valence-electron chi connectivity index (χ4n) is 2.23. The van der Waals surface area contributed by atoms with E-state index in [-0.39, 0.29) is 28.6 Å². The van der Waals surface area contributed by atoms with Crippen LogP contribution in [0.5, 0.6) is 5.88 Å². The standard InChI is InChI=1S/C17H13ClF3N5O/c18-9-1-2-12(19)11(5-9)13-7-14(17(26-25-13)27-8-15(20)21)24-10-3-4-23-16(22)6-10/h1-7,15H,8H2,(H3,22,23,24,25). The summed E-state index contributed by atoms with van der Waals surface area (Å²) in [7, 11) is 0. The third-order valence-corrected chi connectivity index (χ3v) is 3.61. The number of ether oxygens (including phenoxy) is 1. The lowest BCUT2D eigenvalue weighted by molar-refractivity contribution is 0.0795. The van der Waals surface area contributed by atoms with E-state index < -0.39 is 18.8 Å². The van der Waals surface area contributed by atoms with E-state index in [1.807, 2.05) is 0 Å². The molecule has 0 bridgehead atoms. The summed E-state index contributed by atoms with van der Waals surface area (Å²) in [6.45, 7) is -0.868. The van der Waals surface area contributed by atoms with Crippen LogP contribution in [0.4, 0.5) is 30.4 Å². The van der Waals surface area contributed by atoms with Gasteiger partial charge >= 0.3 is 0 Å². The van der Waals surface area contributed by atoms with Crippen LogP contribution in [0.1, 0.15) is 0 Å². The molecular formula is C17H13ClF3N5O. The third kappa shape index (κ3) is 4.76. The van der Waals surface area contributed by atoms with Crippen molar-refractivity contribution in [1.82, 2.24) is 15.2 Å². The van der Waals surface area contributed by atoms with E-state index in [9.17, 15) is 13.2 Å². The van der Waals surface area contributed by atoms with Crippen molar-refractivity contribution >= 4 is 28.8 Å². The van der Waals surface area contributed by atoms with Gasteiger partial charge in [-0.05, 0) is 30.3 Å². The van der Waals surface area contributed by atoms with Crippen LogP contribution in [0.2, 0.25) is 5.02 Å². The van der Waals surface area contributed by atoms with Gasteiger partial charge in [-0.2, -0.15) is 0 Å². The maximum absolute atomic E-state index is 14.1. The van der Waals surface area contributed by atoms with Gasteiger partial charge in [0.15, 0.2) is 6.61 Å². The minimum atomic E-state index is -2.69. The Hall–Kier alpha value is -3.07. The molecule has 140 valence electrons. The van der Waals surface area contributed by atoms with Gasteiger partial charge in [-0.3, -0.25) is 0 Å². The molecule has 0 aliphatic heterocycles. The Kier molecular flexibility index (Phi) is 5.60. The minimum absolute atomic E-state index is 0.104. The molecule has 0 radical (unpaired) electrons. The van der Waals surface area contributed by atoms with E-state index >= 15 is 0 Å². The topological polar surface area (TPSA) is 86.0 Å². The first kappa shape index (κ1) is 18.7. The highest BCUT2D eigenvalue weighted by atomic mass is 35.5. The highest BCUT2D eigenvalue weighted by Crippen LogP contribution is 2.31. The molecule has 0 aliphatic rings. The summed E-state index contributed by atoms with van der Waals surface area (Å²) >= 11 is 5.91. The van der Waals surface area contributed by atoms with E-state index in [0.29, 0.717) is 10.7 Å². The molecule has 0 saturated heterocycles. The van der Waals surface area contributed by atoms with Gasteiger partial charge in [0, 0.05) is 28.5 Å². The Labute approximate surface area is 157 Å². The summed E-state index contributed by atoms with van der Waals surface area (Å²) in [5, 5.41) is 10.9. The molecule has 3 rings (SSSR count). The number of aromatic nitrogens is 3. The number of nitrogens with two attached hydrogens (primary N) is 1. The highest BCUT2D eigenvalue weighted by Gasteiger charge is 2.15. The van der Waals surface area contributed by atoms with E-state index in [4.69, 9.17) is 22.1 Å². The van der Waals surface area contributed by atoms with Gasteiger partial charge in [0.2, 0.25) is 0 Å². The molecule has 10 heteroatoms. The summed E-state index contributed by atoms with van der Waals surface area (Å²) in [5.41, 5.74) is 6.59. The molecule has 0 fully saturated rings. The molecule has 0 aliphatic carbocycles. The maximum Gasteiger partial charge on any atom is 0.272 e. The van der Waals surface area contributed by atoms with Crippen molar-refractivity contribution in [3.05, 3.63) is 53.4 Å². The molecule has 1 aromatic carbocycles. The van der Waals surface area contributed by atoms with Crippen LogP contribution < -0.4 is 15.8 Å². The van der Waals surface area contributed by atoms with Gasteiger partial charge in [-0.15, -0.1) is 10.2 Å². The van der Waals surface area contributed by atoms with Crippen molar-refractivity contribution in [3.8, 4) is 17.1 Å². The van der Waals surface area contributed by atoms with E-state index in [0.717, 1.165) is 0 Å². The number of hydrogen-bond donors (Lipinski definition) is 2. The van der Waals surface area contributed by atoms with Crippen LogP contribution in [0, 0.1) is 5.82 Å². The fraction of sp³-hybridized carbons (Fsp3) is 0.118. The van der Waals surface area contributed by atoms with Crippen molar-refractivity contribution in [1.29, 1.82) is 0 Å². The quantitative estimate of drug-likeness (QED) is 0.647. The van der Waals surface area contributed by atoms with Gasteiger partial charge in [0.1, 0.15) is 17.3 Å². The highest BCUT2D eigenvalue weighted by molar-refractivity contribution is 6.30. The maximum atomic E-state index is 14.1. The summed E-state index contributed by atoms with van der Waals surface area (Å²) in [6, 6.07) is 8.52. The number of alkyl halides is 2. The smallest absolute Gasteiger partial charge is 0.272 e. The number of halogens is 4. The summed E-state index contributed by atoms with van der Waals surface area (Å²) < 4.78 is 44.1. The number of nitrogen functional groups attached to an aromatic ring is 1. The number of anilines is 3. The Bertz CT molecular complexity index is 958. The van der Waals surface area contributed by atoms with Crippen LogP contribution in [-0.4, -0.2) is 28.2 Å². The molecule has 27 heavy (non-hydrogen) atoms. The van der Waals surface area contributed by atoms with Crippen LogP contribution in [0.3, 0.4) is 0 Å². The Morgan fingerprint density at radius 1 is 1.15 bits per heavy atom. The minimum Gasteiger partial charge on any atom is -0.469 e. The van der Waals surface area contributed by atoms with Gasteiger partial charge < -0.3 is 15.8 Å². The monoisotopic (exact) mass is 395 g/mol. The number of benzene rings is 1. The molecule has 2 heterocycles. The van der Waals surface area contributed by atoms with Crippen LogP contribution in [0.15, 0.2) is 42.6 Å². The lowest BCUT2D eigenvalue weighted by atomic mass is 10.1. The largest absolute Gasteiger partial charge is 0.469 e. The van der Waals surface area contributed by atoms with Crippen LogP contribution >= 0.6 is 11.6 Å². The third-order valence-electron chi connectivity index (χ3n) is 3.37. The first-order valence-electron chi connectivity index (χ1n) is 7.65. The SMILES string of the molecule is Nc1cc(Nc2cc(-c3cc(Cl)ccc3F)nnc2OCC(F)F)ccn1. The second kappa shape index (κ2) is 8.09. The summed E-state index contributed by atoms with van der Waals surface area (Å²) in [4.78, 5) is 3.86. The molecule has 0 saturated carbocycles. The van der Waals surface area contributed by atoms with Gasteiger partial charge in [-0.25, -0.2) is 18.2 Å². The van der Waals surface area contributed by atoms with Gasteiger partial charge in [0.25, 0.3) is 12.3 Å². The van der Waals surface area contributed by atoms with Crippen molar-refractivity contribution in [2.24, 2.45) is 0 Å². The molecule has 2 aromatic heterocycles. The number of pyridine rings is 1. The molecule has 0 atom stereocenters. The number of nitrogens with zero attached hydrogens (tertiary/aromatic N) is 3. The van der Waals surface area contributed by atoms with Gasteiger partial charge in [0.05, 0.1) is 5.69 Å². The number of rotatable bonds is 6. The molecule has 6 nitrogen and oxygen atoms in total. The summed E-state index contributed by atoms with van der Waals surface area (Å²) in [5.74, 6) is -0.482. The molecule has 3 N–H and O–H groups in total. The predicted octanol–water partition coefficient (Wildman–Crippen LogP) is 4.30. The average molecular weight is 396 g/mol.